The zero-order valence-electron chi connectivity index (χ0n) is 14.6. The van der Waals surface area contributed by atoms with Gasteiger partial charge in [-0.3, -0.25) is 9.59 Å². The molecule has 2 amide bonds. The molecule has 0 spiro atoms. The van der Waals surface area contributed by atoms with Crippen LogP contribution in [-0.2, 0) is 9.59 Å². The van der Waals surface area contributed by atoms with Gasteiger partial charge in [0.1, 0.15) is 6.54 Å². The molecule has 1 aliphatic carbocycles. The molecule has 1 saturated heterocycles. The number of nitrogens with zero attached hydrogens (tertiary/aromatic N) is 2. The number of hydrogen-bond donors (Lipinski definition) is 0. The first kappa shape index (κ1) is 19.1. The molecular weight excluding hydrogens is 321 g/mol. The van der Waals surface area contributed by atoms with Crippen LogP contribution in [0.3, 0.4) is 0 Å². The minimum Gasteiger partial charge on any atom is -0.342 e. The van der Waals surface area contributed by atoms with E-state index in [1.807, 2.05) is 13.8 Å². The van der Waals surface area contributed by atoms with Crippen LogP contribution < -0.4 is 0 Å². The predicted octanol–water partition coefficient (Wildman–Crippen LogP) is 3.07. The average Bonchev–Trinajstić information content (AvgIpc) is 3.34. The summed E-state index contributed by atoms with van der Waals surface area (Å²) in [7, 11) is 0. The number of alkyl halides is 3. The topological polar surface area (TPSA) is 40.6 Å². The Hall–Kier alpha value is -1.27. The van der Waals surface area contributed by atoms with Crippen molar-refractivity contribution in [3.05, 3.63) is 0 Å². The summed E-state index contributed by atoms with van der Waals surface area (Å²) in [5.41, 5.74) is 0. The van der Waals surface area contributed by atoms with Crippen molar-refractivity contribution in [1.82, 2.24) is 9.80 Å². The summed E-state index contributed by atoms with van der Waals surface area (Å²) in [6.45, 7) is 5.05. The smallest absolute Gasteiger partial charge is 0.342 e. The van der Waals surface area contributed by atoms with E-state index < -0.39 is 30.6 Å². The lowest BCUT2D eigenvalue weighted by atomic mass is 9.93. The zero-order valence-corrected chi connectivity index (χ0v) is 14.6. The van der Waals surface area contributed by atoms with Crippen molar-refractivity contribution < 1.29 is 22.8 Å². The molecule has 2 rings (SSSR count). The highest BCUT2D eigenvalue weighted by atomic mass is 19.4. The van der Waals surface area contributed by atoms with Crippen molar-refractivity contribution in [2.75, 3.05) is 19.6 Å². The number of amides is 2. The Labute approximate surface area is 141 Å². The predicted molar refractivity (Wildman–Crippen MR) is 84.1 cm³/mol. The van der Waals surface area contributed by atoms with Crippen LogP contribution in [0.15, 0.2) is 0 Å². The van der Waals surface area contributed by atoms with Gasteiger partial charge in [0.05, 0.1) is 0 Å². The number of halogens is 3. The molecule has 1 heterocycles. The first-order chi connectivity index (χ1) is 11.1. The maximum atomic E-state index is 12.9. The Morgan fingerprint density at radius 2 is 1.58 bits per heavy atom. The molecule has 0 radical (unpaired) electrons. The van der Waals surface area contributed by atoms with Gasteiger partial charge in [-0.05, 0) is 38.5 Å². The van der Waals surface area contributed by atoms with E-state index in [9.17, 15) is 22.8 Å². The zero-order chi connectivity index (χ0) is 18.1. The molecular formula is C17H27F3N2O2. The van der Waals surface area contributed by atoms with Gasteiger partial charge in [-0.25, -0.2) is 0 Å². The van der Waals surface area contributed by atoms with Gasteiger partial charge >= 0.3 is 6.18 Å². The van der Waals surface area contributed by atoms with E-state index in [-0.39, 0.29) is 17.7 Å². The molecule has 24 heavy (non-hydrogen) atoms. The quantitative estimate of drug-likeness (QED) is 0.766. The van der Waals surface area contributed by atoms with E-state index in [0.717, 1.165) is 17.7 Å². The highest BCUT2D eigenvalue weighted by Crippen LogP contribution is 2.33. The van der Waals surface area contributed by atoms with E-state index in [2.05, 4.69) is 0 Å². The average molecular weight is 348 g/mol. The van der Waals surface area contributed by atoms with Crippen molar-refractivity contribution in [3.8, 4) is 0 Å². The molecule has 2 aliphatic rings. The summed E-state index contributed by atoms with van der Waals surface area (Å²) < 4.78 is 38.6. The monoisotopic (exact) mass is 348 g/mol. The highest BCUT2D eigenvalue weighted by molar-refractivity contribution is 5.82. The SMILES string of the molecule is CC(C)[C@H](C)N(CC(F)(F)F)C(=O)C1CCN(C(=O)C2CC2)CC1. The lowest BCUT2D eigenvalue weighted by Gasteiger charge is -2.38. The van der Waals surface area contributed by atoms with Crippen molar-refractivity contribution in [2.24, 2.45) is 17.8 Å². The van der Waals surface area contributed by atoms with Gasteiger partial charge in [0, 0.05) is 31.0 Å². The van der Waals surface area contributed by atoms with Gasteiger partial charge in [-0.2, -0.15) is 13.2 Å². The molecule has 4 nitrogen and oxygen atoms in total. The summed E-state index contributed by atoms with van der Waals surface area (Å²) in [4.78, 5) is 27.5. The minimum absolute atomic E-state index is 0.0483. The molecule has 2 fully saturated rings. The summed E-state index contributed by atoms with van der Waals surface area (Å²) in [5, 5.41) is 0. The third-order valence-electron chi connectivity index (χ3n) is 5.17. The summed E-state index contributed by atoms with van der Waals surface area (Å²) >= 11 is 0. The van der Waals surface area contributed by atoms with Crippen LogP contribution in [-0.4, -0.2) is 53.5 Å². The van der Waals surface area contributed by atoms with Crippen LogP contribution in [0.2, 0.25) is 0 Å². The second kappa shape index (κ2) is 7.31. The molecule has 1 aliphatic heterocycles. The molecule has 7 heteroatoms. The van der Waals surface area contributed by atoms with Crippen molar-refractivity contribution >= 4 is 11.8 Å². The fraction of sp³-hybridized carbons (Fsp3) is 0.882. The Balaban J connectivity index is 1.97. The molecule has 138 valence electrons. The van der Waals surface area contributed by atoms with Crippen LogP contribution >= 0.6 is 0 Å². The van der Waals surface area contributed by atoms with Gasteiger partial charge in [-0.1, -0.05) is 13.8 Å². The normalized spacial score (nSPS) is 21.0. The fourth-order valence-corrected chi connectivity index (χ4v) is 3.15. The van der Waals surface area contributed by atoms with E-state index in [1.54, 1.807) is 11.8 Å². The lowest BCUT2D eigenvalue weighted by molar-refractivity contribution is -0.170. The first-order valence-corrected chi connectivity index (χ1v) is 8.76. The van der Waals surface area contributed by atoms with Crippen LogP contribution in [0.4, 0.5) is 13.2 Å². The standard InChI is InChI=1S/C17H27F3N2O2/c1-11(2)12(3)22(10-17(18,19)20)16(24)14-6-8-21(9-7-14)15(23)13-4-5-13/h11-14H,4-10H2,1-3H3/t12-/m0/s1. The number of likely N-dealkylation sites (tertiary alicyclic amines) is 1. The van der Waals surface area contributed by atoms with Crippen LogP contribution in [0, 0.1) is 17.8 Å². The van der Waals surface area contributed by atoms with Crippen molar-refractivity contribution in [2.45, 2.75) is 58.7 Å². The number of rotatable bonds is 5. The van der Waals surface area contributed by atoms with Crippen molar-refractivity contribution in [1.29, 1.82) is 0 Å². The van der Waals surface area contributed by atoms with E-state index >= 15 is 0 Å². The number of carbonyl (C=O) groups is 2. The van der Waals surface area contributed by atoms with Gasteiger partial charge in [0.15, 0.2) is 0 Å². The molecule has 0 unspecified atom stereocenters. The second-order valence-corrected chi connectivity index (χ2v) is 7.44. The number of hydrogen-bond acceptors (Lipinski definition) is 2. The second-order valence-electron chi connectivity index (χ2n) is 7.44. The van der Waals surface area contributed by atoms with Gasteiger partial charge in [0.25, 0.3) is 0 Å². The Morgan fingerprint density at radius 3 is 2.00 bits per heavy atom. The van der Waals surface area contributed by atoms with E-state index in [4.69, 9.17) is 0 Å². The van der Waals surface area contributed by atoms with Gasteiger partial charge < -0.3 is 9.80 Å². The molecule has 0 aromatic carbocycles. The maximum Gasteiger partial charge on any atom is 0.406 e. The maximum absolute atomic E-state index is 12.9. The molecule has 1 saturated carbocycles. The van der Waals surface area contributed by atoms with Crippen molar-refractivity contribution in [3.63, 3.8) is 0 Å². The fourth-order valence-electron chi connectivity index (χ4n) is 3.15. The Bertz CT molecular complexity index is 467. The lowest BCUT2D eigenvalue weighted by Crippen LogP contribution is -2.51. The van der Waals surface area contributed by atoms with Gasteiger partial charge in [0.2, 0.25) is 11.8 Å². The summed E-state index contributed by atoms with van der Waals surface area (Å²) in [6, 6.07) is -0.467. The highest BCUT2D eigenvalue weighted by Gasteiger charge is 2.40. The molecule has 1 atom stereocenters. The Morgan fingerprint density at radius 1 is 1.04 bits per heavy atom. The summed E-state index contributed by atoms with van der Waals surface area (Å²) in [6.07, 6.45) is -1.62. The summed E-state index contributed by atoms with van der Waals surface area (Å²) in [5.74, 6) is -0.611. The van der Waals surface area contributed by atoms with Crippen LogP contribution in [0.5, 0.6) is 0 Å². The minimum atomic E-state index is -4.40. The molecule has 0 aromatic rings. The number of piperidine rings is 1. The van der Waals surface area contributed by atoms with E-state index in [0.29, 0.717) is 25.9 Å². The first-order valence-electron chi connectivity index (χ1n) is 8.76. The van der Waals surface area contributed by atoms with E-state index in [1.165, 1.54) is 0 Å². The number of carbonyl (C=O) groups excluding carboxylic acids is 2. The third kappa shape index (κ3) is 4.86. The molecule has 0 aromatic heterocycles. The van der Waals surface area contributed by atoms with Gasteiger partial charge in [-0.15, -0.1) is 0 Å². The van der Waals surface area contributed by atoms with Crippen LogP contribution in [0.25, 0.3) is 0 Å². The Kier molecular flexibility index (Phi) is 5.81. The van der Waals surface area contributed by atoms with Crippen LogP contribution in [0.1, 0.15) is 46.5 Å². The largest absolute Gasteiger partial charge is 0.406 e. The molecule has 0 bridgehead atoms. The third-order valence-corrected chi connectivity index (χ3v) is 5.17. The molecule has 0 N–H and O–H groups in total.